The first-order valence-electron chi connectivity index (χ1n) is 10.7. The Labute approximate surface area is 200 Å². The molecule has 0 aliphatic heterocycles. The monoisotopic (exact) mass is 532 g/mol. The fourth-order valence-electron chi connectivity index (χ4n) is 5.88. The van der Waals surface area contributed by atoms with Gasteiger partial charge in [0.2, 0.25) is 0 Å². The molecule has 0 atom stereocenters. The zero-order valence-corrected chi connectivity index (χ0v) is 20.0. The molecule has 0 fully saturated rings. The molecule has 0 aromatic heterocycles. The summed E-state index contributed by atoms with van der Waals surface area (Å²) in [5, 5.41) is 18.6. The summed E-state index contributed by atoms with van der Waals surface area (Å²) in [5.74, 6) is 0. The Morgan fingerprint density at radius 3 is 1.09 bits per heavy atom. The highest BCUT2D eigenvalue weighted by Gasteiger charge is 2.17. The van der Waals surface area contributed by atoms with Crippen LogP contribution in [0.1, 0.15) is 0 Å². The molecule has 8 aromatic carbocycles. The van der Waals surface area contributed by atoms with Crippen LogP contribution in [-0.4, -0.2) is 0 Å². The summed E-state index contributed by atoms with van der Waals surface area (Å²) in [4.78, 5) is 0. The SMILES string of the molecule is Brc1ccc2c3cc4cc5c(cc4cc3c3cccc1c32)c1ccc(Br)c2cccc5c21. The van der Waals surface area contributed by atoms with E-state index in [-0.39, 0.29) is 0 Å². The van der Waals surface area contributed by atoms with Crippen LogP contribution in [0.25, 0.3) is 75.4 Å². The third-order valence-corrected chi connectivity index (χ3v) is 8.63. The van der Waals surface area contributed by atoms with Crippen molar-refractivity contribution in [2.45, 2.75) is 0 Å². The summed E-state index contributed by atoms with van der Waals surface area (Å²) in [7, 11) is 0. The van der Waals surface area contributed by atoms with Gasteiger partial charge < -0.3 is 0 Å². The van der Waals surface area contributed by atoms with Crippen LogP contribution >= 0.6 is 31.9 Å². The van der Waals surface area contributed by atoms with Crippen LogP contribution < -0.4 is 0 Å². The second kappa shape index (κ2) is 5.89. The fraction of sp³-hybridized carbons (Fsp3) is 0. The number of halogens is 2. The first-order valence-corrected chi connectivity index (χ1v) is 12.3. The molecule has 0 saturated carbocycles. The quantitative estimate of drug-likeness (QED) is 0.182. The van der Waals surface area contributed by atoms with Crippen LogP contribution in [0.5, 0.6) is 0 Å². The van der Waals surface area contributed by atoms with E-state index in [9.17, 15) is 0 Å². The van der Waals surface area contributed by atoms with E-state index in [1.807, 2.05) is 0 Å². The van der Waals surface area contributed by atoms with E-state index in [0.29, 0.717) is 0 Å². The van der Waals surface area contributed by atoms with E-state index in [2.05, 4.69) is 117 Å². The van der Waals surface area contributed by atoms with Gasteiger partial charge in [-0.15, -0.1) is 0 Å². The van der Waals surface area contributed by atoms with Gasteiger partial charge in [0.15, 0.2) is 0 Å². The molecule has 0 aliphatic carbocycles. The van der Waals surface area contributed by atoms with Crippen molar-refractivity contribution in [2.24, 2.45) is 0 Å². The van der Waals surface area contributed by atoms with Gasteiger partial charge in [-0.1, -0.05) is 80.4 Å². The molecule has 0 saturated heterocycles. The topological polar surface area (TPSA) is 0 Å². The highest BCUT2D eigenvalue weighted by atomic mass is 79.9. The van der Waals surface area contributed by atoms with E-state index in [0.717, 1.165) is 8.95 Å². The van der Waals surface area contributed by atoms with Crippen LogP contribution in [-0.2, 0) is 0 Å². The molecule has 0 amide bonds. The molecule has 8 rings (SSSR count). The highest BCUT2D eigenvalue weighted by Crippen LogP contribution is 2.45. The number of hydrogen-bond donors (Lipinski definition) is 0. The summed E-state index contributed by atoms with van der Waals surface area (Å²) >= 11 is 7.50. The molecule has 8 aromatic rings. The van der Waals surface area contributed by atoms with Gasteiger partial charge in [0.05, 0.1) is 0 Å². The second-order valence-electron chi connectivity index (χ2n) is 8.79. The molecule has 0 N–H and O–H groups in total. The van der Waals surface area contributed by atoms with Gasteiger partial charge in [0.1, 0.15) is 0 Å². The van der Waals surface area contributed by atoms with Gasteiger partial charge in [-0.2, -0.15) is 0 Å². The summed E-state index contributed by atoms with van der Waals surface area (Å²) in [5.41, 5.74) is 0. The van der Waals surface area contributed by atoms with Gasteiger partial charge in [-0.3, -0.25) is 0 Å². The van der Waals surface area contributed by atoms with Gasteiger partial charge in [0, 0.05) is 8.95 Å². The number of hydrogen-bond acceptors (Lipinski definition) is 0. The van der Waals surface area contributed by atoms with Gasteiger partial charge in [-0.05, 0) is 112 Å². The molecule has 0 nitrogen and oxygen atoms in total. The van der Waals surface area contributed by atoms with Crippen molar-refractivity contribution in [2.75, 3.05) is 0 Å². The van der Waals surface area contributed by atoms with Crippen molar-refractivity contribution in [1.82, 2.24) is 0 Å². The highest BCUT2D eigenvalue weighted by molar-refractivity contribution is 9.11. The third kappa shape index (κ3) is 2.03. The molecular formula is C30H14Br2. The van der Waals surface area contributed by atoms with Gasteiger partial charge in [0.25, 0.3) is 0 Å². The average molecular weight is 534 g/mol. The van der Waals surface area contributed by atoms with Gasteiger partial charge in [-0.25, -0.2) is 0 Å². The van der Waals surface area contributed by atoms with Crippen LogP contribution in [0.15, 0.2) is 93.9 Å². The van der Waals surface area contributed by atoms with Crippen molar-refractivity contribution in [1.29, 1.82) is 0 Å². The van der Waals surface area contributed by atoms with E-state index in [4.69, 9.17) is 0 Å². The minimum Gasteiger partial charge on any atom is -0.0610 e. The molecule has 0 aliphatic rings. The summed E-state index contributed by atoms with van der Waals surface area (Å²) in [6, 6.07) is 31.7. The van der Waals surface area contributed by atoms with E-state index in [1.165, 1.54) is 75.4 Å². The van der Waals surface area contributed by atoms with Crippen molar-refractivity contribution in [3.63, 3.8) is 0 Å². The minimum absolute atomic E-state index is 1.16. The smallest absolute Gasteiger partial charge is 0.0254 e. The van der Waals surface area contributed by atoms with Gasteiger partial charge >= 0.3 is 0 Å². The molecular weight excluding hydrogens is 520 g/mol. The lowest BCUT2D eigenvalue weighted by Gasteiger charge is -2.02. The Bertz CT molecular complexity index is 1830. The van der Waals surface area contributed by atoms with Crippen molar-refractivity contribution in [3.05, 3.63) is 93.9 Å². The maximum absolute atomic E-state index is 3.75. The predicted molar refractivity (Wildman–Crippen MR) is 147 cm³/mol. The third-order valence-electron chi connectivity index (χ3n) is 7.25. The first-order chi connectivity index (χ1) is 15.7. The van der Waals surface area contributed by atoms with E-state index in [1.54, 1.807) is 0 Å². The number of fused-ring (bicyclic) bond motifs is 7. The van der Waals surface area contributed by atoms with Crippen molar-refractivity contribution in [3.8, 4) is 0 Å². The number of rotatable bonds is 0. The molecule has 0 heterocycles. The average Bonchev–Trinajstić information content (AvgIpc) is 3.30. The lowest BCUT2D eigenvalue weighted by Crippen LogP contribution is -1.75. The van der Waals surface area contributed by atoms with Crippen LogP contribution in [0, 0.1) is 0 Å². The normalized spacial score (nSPS) is 12.7. The Hall–Kier alpha value is -2.94. The van der Waals surface area contributed by atoms with E-state index >= 15 is 0 Å². The molecule has 0 radical (unpaired) electrons. The van der Waals surface area contributed by atoms with Crippen LogP contribution in [0.3, 0.4) is 0 Å². The lowest BCUT2D eigenvalue weighted by atomic mass is 10.0. The summed E-state index contributed by atoms with van der Waals surface area (Å²) < 4.78 is 2.32. The summed E-state index contributed by atoms with van der Waals surface area (Å²) in [6.07, 6.45) is 0. The molecule has 0 unspecified atom stereocenters. The predicted octanol–water partition coefficient (Wildman–Crippen LogP) is 10.2. The van der Waals surface area contributed by atoms with Crippen molar-refractivity contribution < 1.29 is 0 Å². The Balaban J connectivity index is 1.60. The first kappa shape index (κ1) is 17.6. The zero-order chi connectivity index (χ0) is 21.1. The molecule has 0 spiro atoms. The Morgan fingerprint density at radius 1 is 0.344 bits per heavy atom. The molecule has 148 valence electrons. The van der Waals surface area contributed by atoms with E-state index < -0.39 is 0 Å². The standard InChI is InChI=1S/C30H14Br2/c31-27-9-7-19-25-13-16-12-24-18-4-2-6-22-28(32)10-8-20(30(18)22)26(24)14-15(16)11-23(25)17-3-1-5-21(27)29(17)19/h1-14H. The zero-order valence-electron chi connectivity index (χ0n) is 16.8. The second-order valence-corrected chi connectivity index (χ2v) is 10.5. The van der Waals surface area contributed by atoms with Crippen molar-refractivity contribution >= 4 is 107 Å². The largest absolute Gasteiger partial charge is 0.0610 e. The maximum atomic E-state index is 3.75. The summed E-state index contributed by atoms with van der Waals surface area (Å²) in [6.45, 7) is 0. The van der Waals surface area contributed by atoms with Crippen LogP contribution in [0.2, 0.25) is 0 Å². The molecule has 0 bridgehead atoms. The Morgan fingerprint density at radius 2 is 0.688 bits per heavy atom. The molecule has 32 heavy (non-hydrogen) atoms. The molecule has 2 heteroatoms. The lowest BCUT2D eigenvalue weighted by molar-refractivity contribution is 1.79. The minimum atomic E-state index is 1.16. The Kier molecular flexibility index (Phi) is 3.24. The number of benzene rings is 6. The fourth-order valence-corrected chi connectivity index (χ4v) is 6.81. The maximum Gasteiger partial charge on any atom is 0.0254 e. The van der Waals surface area contributed by atoms with Crippen LogP contribution in [0.4, 0.5) is 0 Å².